The third-order valence-electron chi connectivity index (χ3n) is 2.98. The molecule has 0 aromatic heterocycles. The maximum Gasteiger partial charge on any atom is 0.124 e. The summed E-state index contributed by atoms with van der Waals surface area (Å²) in [5, 5.41) is 8.88. The highest BCUT2D eigenvalue weighted by atomic mass is 16.5. The molecule has 1 rings (SSSR count). The SMILES string of the molecule is COc1c(C)cc(C(CC#N)N(C)C)cc1C. The molecule has 0 saturated heterocycles. The van der Waals surface area contributed by atoms with Crippen molar-refractivity contribution < 1.29 is 4.74 Å². The molecule has 0 saturated carbocycles. The third-order valence-corrected chi connectivity index (χ3v) is 2.98. The van der Waals surface area contributed by atoms with Gasteiger partial charge in [0.1, 0.15) is 5.75 Å². The quantitative estimate of drug-likeness (QED) is 0.801. The van der Waals surface area contributed by atoms with Gasteiger partial charge in [0.25, 0.3) is 0 Å². The summed E-state index contributed by atoms with van der Waals surface area (Å²) in [7, 11) is 5.68. The lowest BCUT2D eigenvalue weighted by Crippen LogP contribution is -2.19. The first kappa shape index (κ1) is 13.5. The summed E-state index contributed by atoms with van der Waals surface area (Å²) in [6.07, 6.45) is 0.498. The zero-order valence-electron chi connectivity index (χ0n) is 11.2. The Balaban J connectivity index is 3.18. The van der Waals surface area contributed by atoms with E-state index in [0.717, 1.165) is 16.9 Å². The molecule has 0 aliphatic heterocycles. The number of nitrogens with zero attached hydrogens (tertiary/aromatic N) is 2. The molecular formula is C14H20N2O. The number of benzene rings is 1. The van der Waals surface area contributed by atoms with Gasteiger partial charge in [0, 0.05) is 6.04 Å². The first-order valence-electron chi connectivity index (χ1n) is 5.69. The zero-order chi connectivity index (χ0) is 13.0. The largest absolute Gasteiger partial charge is 0.496 e. The van der Waals surface area contributed by atoms with Crippen LogP contribution in [0.3, 0.4) is 0 Å². The molecule has 1 aromatic carbocycles. The smallest absolute Gasteiger partial charge is 0.124 e. The van der Waals surface area contributed by atoms with Gasteiger partial charge in [0.2, 0.25) is 0 Å². The van der Waals surface area contributed by atoms with E-state index in [1.165, 1.54) is 5.56 Å². The summed E-state index contributed by atoms with van der Waals surface area (Å²) in [5.74, 6) is 0.934. The van der Waals surface area contributed by atoms with E-state index in [2.05, 4.69) is 23.1 Å². The molecule has 0 heterocycles. The normalized spacial score (nSPS) is 12.3. The lowest BCUT2D eigenvalue weighted by Gasteiger charge is -2.23. The molecule has 1 atom stereocenters. The molecule has 0 radical (unpaired) electrons. The highest BCUT2D eigenvalue weighted by Gasteiger charge is 2.16. The number of aryl methyl sites for hydroxylation is 2. The van der Waals surface area contributed by atoms with Crippen LogP contribution in [0.15, 0.2) is 12.1 Å². The van der Waals surface area contributed by atoms with Crippen molar-refractivity contribution in [3.05, 3.63) is 28.8 Å². The molecular weight excluding hydrogens is 212 g/mol. The molecule has 0 amide bonds. The van der Waals surface area contributed by atoms with Gasteiger partial charge >= 0.3 is 0 Å². The van der Waals surface area contributed by atoms with Gasteiger partial charge in [-0.15, -0.1) is 0 Å². The molecule has 0 spiro atoms. The lowest BCUT2D eigenvalue weighted by atomic mass is 9.98. The van der Waals surface area contributed by atoms with Crippen molar-refractivity contribution in [2.24, 2.45) is 0 Å². The molecule has 0 fully saturated rings. The fraction of sp³-hybridized carbons (Fsp3) is 0.500. The second-order valence-corrected chi connectivity index (χ2v) is 4.53. The average Bonchev–Trinajstić information content (AvgIpc) is 2.24. The van der Waals surface area contributed by atoms with E-state index < -0.39 is 0 Å². The highest BCUT2D eigenvalue weighted by Crippen LogP contribution is 2.30. The molecule has 1 unspecified atom stereocenters. The summed E-state index contributed by atoms with van der Waals surface area (Å²) >= 11 is 0. The number of methoxy groups -OCH3 is 1. The predicted octanol–water partition coefficient (Wildman–Crippen LogP) is 2.83. The fourth-order valence-corrected chi connectivity index (χ4v) is 2.18. The third kappa shape index (κ3) is 2.98. The van der Waals surface area contributed by atoms with Crippen LogP contribution >= 0.6 is 0 Å². The van der Waals surface area contributed by atoms with E-state index in [9.17, 15) is 0 Å². The van der Waals surface area contributed by atoms with Crippen LogP contribution in [-0.4, -0.2) is 26.1 Å². The topological polar surface area (TPSA) is 36.3 Å². The number of ether oxygens (including phenoxy) is 1. The standard InChI is InChI=1S/C14H20N2O/c1-10-8-12(9-11(2)14(10)17-5)13(6-7-15)16(3)4/h8-9,13H,6H2,1-5H3. The van der Waals surface area contributed by atoms with Crippen molar-refractivity contribution >= 4 is 0 Å². The van der Waals surface area contributed by atoms with Crippen molar-refractivity contribution in [1.82, 2.24) is 4.90 Å². The number of rotatable bonds is 4. The Morgan fingerprint density at radius 2 is 1.82 bits per heavy atom. The second kappa shape index (κ2) is 5.70. The van der Waals surface area contributed by atoms with Gasteiger partial charge in [0.05, 0.1) is 19.6 Å². The van der Waals surface area contributed by atoms with E-state index in [1.54, 1.807) is 7.11 Å². The van der Waals surface area contributed by atoms with Crippen molar-refractivity contribution in [2.75, 3.05) is 21.2 Å². The van der Waals surface area contributed by atoms with Crippen LogP contribution in [0.2, 0.25) is 0 Å². The minimum absolute atomic E-state index is 0.142. The average molecular weight is 232 g/mol. The number of hydrogen-bond donors (Lipinski definition) is 0. The molecule has 3 heteroatoms. The van der Waals surface area contributed by atoms with Crippen molar-refractivity contribution in [3.8, 4) is 11.8 Å². The fourth-order valence-electron chi connectivity index (χ4n) is 2.18. The predicted molar refractivity (Wildman–Crippen MR) is 69.1 cm³/mol. The van der Waals surface area contributed by atoms with Gasteiger partial charge in [-0.25, -0.2) is 0 Å². The van der Waals surface area contributed by atoms with Gasteiger partial charge in [-0.1, -0.05) is 12.1 Å². The number of hydrogen-bond acceptors (Lipinski definition) is 3. The molecule has 17 heavy (non-hydrogen) atoms. The van der Waals surface area contributed by atoms with E-state index >= 15 is 0 Å². The summed E-state index contributed by atoms with van der Waals surface area (Å²) in [6.45, 7) is 4.07. The molecule has 92 valence electrons. The molecule has 0 N–H and O–H groups in total. The number of nitriles is 1. The Morgan fingerprint density at radius 1 is 1.29 bits per heavy atom. The second-order valence-electron chi connectivity index (χ2n) is 4.53. The van der Waals surface area contributed by atoms with Crippen LogP contribution in [0.4, 0.5) is 0 Å². The van der Waals surface area contributed by atoms with E-state index in [4.69, 9.17) is 10.00 Å². The first-order chi connectivity index (χ1) is 8.01. The van der Waals surface area contributed by atoms with Crippen LogP contribution in [0.1, 0.15) is 29.2 Å². The van der Waals surface area contributed by atoms with Gasteiger partial charge in [-0.2, -0.15) is 5.26 Å². The molecule has 3 nitrogen and oxygen atoms in total. The lowest BCUT2D eigenvalue weighted by molar-refractivity contribution is 0.303. The van der Waals surface area contributed by atoms with Crippen LogP contribution in [0.5, 0.6) is 5.75 Å². The maximum atomic E-state index is 8.88. The van der Waals surface area contributed by atoms with E-state index in [-0.39, 0.29) is 6.04 Å². The van der Waals surface area contributed by atoms with E-state index in [1.807, 2.05) is 27.9 Å². The monoisotopic (exact) mass is 232 g/mol. The molecule has 0 aliphatic carbocycles. The van der Waals surface area contributed by atoms with Crippen LogP contribution in [0.25, 0.3) is 0 Å². The van der Waals surface area contributed by atoms with Crippen LogP contribution < -0.4 is 4.74 Å². The Kier molecular flexibility index (Phi) is 4.53. The first-order valence-corrected chi connectivity index (χ1v) is 5.69. The summed E-state index contributed by atoms with van der Waals surface area (Å²) in [5.41, 5.74) is 3.41. The van der Waals surface area contributed by atoms with Gasteiger partial charge in [-0.3, -0.25) is 0 Å². The highest BCUT2D eigenvalue weighted by molar-refractivity contribution is 5.44. The summed E-state index contributed by atoms with van der Waals surface area (Å²) < 4.78 is 5.35. The van der Waals surface area contributed by atoms with Crippen molar-refractivity contribution in [1.29, 1.82) is 5.26 Å². The van der Waals surface area contributed by atoms with Crippen LogP contribution in [0, 0.1) is 25.2 Å². The molecule has 1 aromatic rings. The van der Waals surface area contributed by atoms with E-state index in [0.29, 0.717) is 6.42 Å². The Morgan fingerprint density at radius 3 is 2.18 bits per heavy atom. The minimum Gasteiger partial charge on any atom is -0.496 e. The Bertz CT molecular complexity index is 409. The van der Waals surface area contributed by atoms with Gasteiger partial charge < -0.3 is 9.64 Å². The molecule has 0 aliphatic rings. The molecule has 0 bridgehead atoms. The Hall–Kier alpha value is -1.53. The summed E-state index contributed by atoms with van der Waals surface area (Å²) in [4.78, 5) is 2.07. The van der Waals surface area contributed by atoms with Gasteiger partial charge in [-0.05, 0) is 44.6 Å². The maximum absolute atomic E-state index is 8.88. The zero-order valence-corrected chi connectivity index (χ0v) is 11.2. The summed E-state index contributed by atoms with van der Waals surface area (Å²) in [6, 6.07) is 6.59. The van der Waals surface area contributed by atoms with Crippen molar-refractivity contribution in [2.45, 2.75) is 26.3 Å². The van der Waals surface area contributed by atoms with Crippen molar-refractivity contribution in [3.63, 3.8) is 0 Å². The van der Waals surface area contributed by atoms with Gasteiger partial charge in [0.15, 0.2) is 0 Å². The Labute approximate surface area is 104 Å². The van der Waals surface area contributed by atoms with Crippen LogP contribution in [-0.2, 0) is 0 Å². The minimum atomic E-state index is 0.142.